The van der Waals surface area contributed by atoms with Gasteiger partial charge in [0.25, 0.3) is 5.91 Å². The first-order chi connectivity index (χ1) is 11.0. The number of benzene rings is 1. The van der Waals surface area contributed by atoms with Crippen molar-refractivity contribution in [2.24, 2.45) is 0 Å². The molecule has 5 nitrogen and oxygen atoms in total. The van der Waals surface area contributed by atoms with Gasteiger partial charge in [0, 0.05) is 38.3 Å². The highest BCUT2D eigenvalue weighted by molar-refractivity contribution is 6.42. The van der Waals surface area contributed by atoms with Gasteiger partial charge in [0.1, 0.15) is 0 Å². The zero-order valence-electron chi connectivity index (χ0n) is 13.1. The summed E-state index contributed by atoms with van der Waals surface area (Å²) in [5.74, 6) is -0.0839. The molecule has 0 aromatic heterocycles. The highest BCUT2D eigenvalue weighted by Gasteiger charge is 2.22. The van der Waals surface area contributed by atoms with Crippen molar-refractivity contribution in [3.05, 3.63) is 33.8 Å². The molecule has 1 aromatic carbocycles. The van der Waals surface area contributed by atoms with Crippen molar-refractivity contribution in [3.8, 4) is 0 Å². The first-order valence-corrected chi connectivity index (χ1v) is 8.55. The fourth-order valence-corrected chi connectivity index (χ4v) is 2.78. The van der Waals surface area contributed by atoms with Gasteiger partial charge < -0.3 is 15.1 Å². The van der Waals surface area contributed by atoms with E-state index in [2.05, 4.69) is 5.32 Å². The maximum atomic E-state index is 12.6. The second-order valence-corrected chi connectivity index (χ2v) is 6.31. The quantitative estimate of drug-likeness (QED) is 0.902. The molecule has 0 radical (unpaired) electrons. The molecule has 1 fully saturated rings. The predicted molar refractivity (Wildman–Crippen MR) is 92.2 cm³/mol. The van der Waals surface area contributed by atoms with E-state index in [0.717, 1.165) is 12.8 Å². The Labute approximate surface area is 146 Å². The average Bonchev–Trinajstić information content (AvgIpc) is 2.80. The SMILES string of the molecule is CCCNC(=O)N1CCCN(C(=O)c2ccc(Cl)c(Cl)c2)CC1. The molecule has 0 aliphatic carbocycles. The molecule has 0 spiro atoms. The van der Waals surface area contributed by atoms with E-state index in [4.69, 9.17) is 23.2 Å². The first kappa shape index (κ1) is 17.9. The second-order valence-electron chi connectivity index (χ2n) is 5.49. The van der Waals surface area contributed by atoms with Gasteiger partial charge in [-0.1, -0.05) is 30.1 Å². The number of urea groups is 1. The van der Waals surface area contributed by atoms with Gasteiger partial charge in [0.05, 0.1) is 10.0 Å². The number of carbonyl (C=O) groups is 2. The van der Waals surface area contributed by atoms with Crippen LogP contribution in [0.1, 0.15) is 30.1 Å². The number of carbonyl (C=O) groups excluding carboxylic acids is 2. The Morgan fingerprint density at radius 2 is 1.78 bits per heavy atom. The van der Waals surface area contributed by atoms with Crippen LogP contribution in [0.3, 0.4) is 0 Å². The lowest BCUT2D eigenvalue weighted by Gasteiger charge is -2.22. The Kier molecular flexibility index (Phi) is 6.54. The summed E-state index contributed by atoms with van der Waals surface area (Å²) in [6.45, 7) is 5.00. The minimum atomic E-state index is -0.0839. The van der Waals surface area contributed by atoms with Crippen molar-refractivity contribution in [1.29, 1.82) is 0 Å². The van der Waals surface area contributed by atoms with Crippen LogP contribution in [-0.4, -0.2) is 54.5 Å². The van der Waals surface area contributed by atoms with Gasteiger partial charge in [0.15, 0.2) is 0 Å². The lowest BCUT2D eigenvalue weighted by Crippen LogP contribution is -2.42. The van der Waals surface area contributed by atoms with Crippen molar-refractivity contribution in [2.75, 3.05) is 32.7 Å². The largest absolute Gasteiger partial charge is 0.338 e. The molecular weight excluding hydrogens is 337 g/mol. The Morgan fingerprint density at radius 3 is 2.48 bits per heavy atom. The van der Waals surface area contributed by atoms with Gasteiger partial charge >= 0.3 is 6.03 Å². The molecule has 1 saturated heterocycles. The summed E-state index contributed by atoms with van der Waals surface area (Å²) in [6.07, 6.45) is 1.66. The minimum Gasteiger partial charge on any atom is -0.338 e. The van der Waals surface area contributed by atoms with Crippen LogP contribution in [0.25, 0.3) is 0 Å². The fraction of sp³-hybridized carbons (Fsp3) is 0.500. The molecule has 0 unspecified atom stereocenters. The van der Waals surface area contributed by atoms with E-state index in [0.29, 0.717) is 48.3 Å². The maximum absolute atomic E-state index is 12.6. The molecule has 1 heterocycles. The van der Waals surface area contributed by atoms with Crippen LogP contribution in [-0.2, 0) is 0 Å². The van der Waals surface area contributed by atoms with Crippen LogP contribution in [0, 0.1) is 0 Å². The van der Waals surface area contributed by atoms with Crippen molar-refractivity contribution in [3.63, 3.8) is 0 Å². The molecule has 3 amide bonds. The number of halogens is 2. The van der Waals surface area contributed by atoms with E-state index in [1.54, 1.807) is 28.0 Å². The summed E-state index contributed by atoms with van der Waals surface area (Å²) in [5.41, 5.74) is 0.517. The Hall–Kier alpha value is -1.46. The van der Waals surface area contributed by atoms with Crippen LogP contribution >= 0.6 is 23.2 Å². The number of hydrogen-bond acceptors (Lipinski definition) is 2. The number of nitrogens with one attached hydrogen (secondary N) is 1. The van der Waals surface area contributed by atoms with Gasteiger partial charge in [0.2, 0.25) is 0 Å². The smallest absolute Gasteiger partial charge is 0.317 e. The molecule has 1 aromatic rings. The molecule has 2 rings (SSSR count). The molecule has 23 heavy (non-hydrogen) atoms. The Balaban J connectivity index is 1.98. The third-order valence-corrected chi connectivity index (χ3v) is 4.50. The van der Waals surface area contributed by atoms with E-state index < -0.39 is 0 Å². The van der Waals surface area contributed by atoms with Crippen LogP contribution in [0.4, 0.5) is 4.79 Å². The van der Waals surface area contributed by atoms with Crippen LogP contribution in [0.5, 0.6) is 0 Å². The summed E-state index contributed by atoms with van der Waals surface area (Å²) in [7, 11) is 0. The van der Waals surface area contributed by atoms with Gasteiger partial charge in [-0.2, -0.15) is 0 Å². The molecule has 1 N–H and O–H groups in total. The highest BCUT2D eigenvalue weighted by atomic mass is 35.5. The molecule has 0 saturated carbocycles. The second kappa shape index (κ2) is 8.41. The highest BCUT2D eigenvalue weighted by Crippen LogP contribution is 2.23. The maximum Gasteiger partial charge on any atom is 0.317 e. The number of hydrogen-bond donors (Lipinski definition) is 1. The van der Waals surface area contributed by atoms with Crippen molar-refractivity contribution in [2.45, 2.75) is 19.8 Å². The normalized spacial score (nSPS) is 15.3. The molecule has 1 aliphatic rings. The number of amides is 3. The zero-order valence-corrected chi connectivity index (χ0v) is 14.7. The Bertz CT molecular complexity index is 580. The topological polar surface area (TPSA) is 52.7 Å². The van der Waals surface area contributed by atoms with Crippen LogP contribution < -0.4 is 5.32 Å². The average molecular weight is 358 g/mol. The molecule has 0 atom stereocenters. The fourth-order valence-electron chi connectivity index (χ4n) is 2.48. The number of rotatable bonds is 3. The standard InChI is InChI=1S/C16H21Cl2N3O2/c1-2-6-19-16(23)21-8-3-7-20(9-10-21)15(22)12-4-5-13(17)14(18)11-12/h4-5,11H,2-3,6-10H2,1H3,(H,19,23). The van der Waals surface area contributed by atoms with Gasteiger partial charge in [-0.05, 0) is 31.0 Å². The zero-order chi connectivity index (χ0) is 16.8. The van der Waals surface area contributed by atoms with Gasteiger partial charge in [-0.25, -0.2) is 4.79 Å². The molecule has 7 heteroatoms. The molecular formula is C16H21Cl2N3O2. The van der Waals surface area contributed by atoms with E-state index in [-0.39, 0.29) is 11.9 Å². The lowest BCUT2D eigenvalue weighted by molar-refractivity contribution is 0.0762. The van der Waals surface area contributed by atoms with Crippen molar-refractivity contribution >= 4 is 35.1 Å². The molecule has 1 aliphatic heterocycles. The summed E-state index contributed by atoms with van der Waals surface area (Å²) in [6, 6.07) is 4.82. The summed E-state index contributed by atoms with van der Waals surface area (Å²) in [5, 5.41) is 3.67. The van der Waals surface area contributed by atoms with Crippen molar-refractivity contribution in [1.82, 2.24) is 15.1 Å². The van der Waals surface area contributed by atoms with Crippen LogP contribution in [0.2, 0.25) is 10.0 Å². The summed E-state index contributed by atoms with van der Waals surface area (Å²) in [4.78, 5) is 28.1. The Morgan fingerprint density at radius 1 is 1.09 bits per heavy atom. The van der Waals surface area contributed by atoms with E-state index in [9.17, 15) is 9.59 Å². The summed E-state index contributed by atoms with van der Waals surface area (Å²) < 4.78 is 0. The van der Waals surface area contributed by atoms with E-state index in [1.807, 2.05) is 6.92 Å². The predicted octanol–water partition coefficient (Wildman–Crippen LogP) is 3.26. The number of nitrogens with zero attached hydrogens (tertiary/aromatic N) is 2. The third-order valence-electron chi connectivity index (χ3n) is 3.76. The summed E-state index contributed by atoms with van der Waals surface area (Å²) >= 11 is 11.9. The molecule has 0 bridgehead atoms. The lowest BCUT2D eigenvalue weighted by atomic mass is 10.2. The van der Waals surface area contributed by atoms with Gasteiger partial charge in [-0.15, -0.1) is 0 Å². The van der Waals surface area contributed by atoms with Crippen LogP contribution in [0.15, 0.2) is 18.2 Å². The minimum absolute atomic E-state index is 0.0595. The monoisotopic (exact) mass is 357 g/mol. The van der Waals surface area contributed by atoms with Crippen molar-refractivity contribution < 1.29 is 9.59 Å². The van der Waals surface area contributed by atoms with Gasteiger partial charge in [-0.3, -0.25) is 4.79 Å². The van der Waals surface area contributed by atoms with E-state index in [1.165, 1.54) is 0 Å². The molecule has 126 valence electrons. The third kappa shape index (κ3) is 4.75. The first-order valence-electron chi connectivity index (χ1n) is 7.80. The van der Waals surface area contributed by atoms with E-state index >= 15 is 0 Å².